The average molecular weight is 362 g/mol. The number of rotatable bonds is 18. The number of nitrogens with zero attached hydrogens (tertiary/aromatic N) is 1. The third-order valence-corrected chi connectivity index (χ3v) is 4.45. The Morgan fingerprint density at radius 3 is 1.72 bits per heavy atom. The Morgan fingerprint density at radius 2 is 1.24 bits per heavy atom. The summed E-state index contributed by atoms with van der Waals surface area (Å²) in [5.41, 5.74) is 0. The molecule has 142 valence electrons. The van der Waals surface area contributed by atoms with Crippen LogP contribution in [0.5, 0.6) is 0 Å². The topological polar surface area (TPSA) is 43.4 Å². The summed E-state index contributed by atoms with van der Waals surface area (Å²) in [6.45, 7) is 3.17. The number of carboxylic acids is 1. The molecule has 0 aliphatic rings. The number of likely N-dealkylation sites (N-methyl/N-ethyl adjacent to an activating group) is 1. The smallest absolute Gasteiger partial charge is 0.549 e. The third kappa shape index (κ3) is 24.2. The van der Waals surface area contributed by atoms with Gasteiger partial charge in [-0.2, -0.15) is 0 Å². The number of hydrogen-bond acceptors (Lipinski definition) is 3. The third-order valence-electron chi connectivity index (χ3n) is 4.45. The van der Waals surface area contributed by atoms with Crippen molar-refractivity contribution in [3.63, 3.8) is 0 Å². The van der Waals surface area contributed by atoms with Gasteiger partial charge in [0.1, 0.15) is 0 Å². The van der Waals surface area contributed by atoms with Gasteiger partial charge in [-0.15, -0.1) is 0 Å². The van der Waals surface area contributed by atoms with Crippen LogP contribution in [0.25, 0.3) is 0 Å². The molecule has 0 radical (unpaired) electrons. The number of unbranched alkanes of at least 4 members (excludes halogenated alkanes) is 12. The van der Waals surface area contributed by atoms with Crippen molar-refractivity contribution < 1.29 is 39.5 Å². The molecule has 0 N–H and O–H groups in total. The summed E-state index contributed by atoms with van der Waals surface area (Å²) in [6.07, 6.45) is 23.0. The molecule has 0 unspecified atom stereocenters. The molecule has 0 heterocycles. The Bertz CT molecular complexity index is 308. The van der Waals surface area contributed by atoms with Gasteiger partial charge in [-0.25, -0.2) is 0 Å². The zero-order chi connectivity index (χ0) is 17.9. The molecular formula is C21H40NNaO2. The van der Waals surface area contributed by atoms with E-state index in [0.717, 1.165) is 13.0 Å². The number of hydrogen-bond donors (Lipinski definition) is 0. The van der Waals surface area contributed by atoms with Crippen molar-refractivity contribution in [2.24, 2.45) is 0 Å². The van der Waals surface area contributed by atoms with Gasteiger partial charge in [0.2, 0.25) is 0 Å². The van der Waals surface area contributed by atoms with E-state index in [4.69, 9.17) is 0 Å². The second-order valence-corrected chi connectivity index (χ2v) is 7.05. The molecule has 0 aromatic heterocycles. The van der Waals surface area contributed by atoms with Gasteiger partial charge in [-0.1, -0.05) is 76.9 Å². The van der Waals surface area contributed by atoms with Gasteiger partial charge < -0.3 is 14.8 Å². The van der Waals surface area contributed by atoms with E-state index in [2.05, 4.69) is 19.1 Å². The molecule has 25 heavy (non-hydrogen) atoms. The molecule has 0 saturated carbocycles. The Kier molecular flexibility index (Phi) is 24.3. The maximum Gasteiger partial charge on any atom is 1.00 e. The van der Waals surface area contributed by atoms with Crippen LogP contribution in [0.2, 0.25) is 0 Å². The fraction of sp³-hybridized carbons (Fsp3) is 0.857. The van der Waals surface area contributed by atoms with Crippen LogP contribution in [0.3, 0.4) is 0 Å². The molecule has 0 aliphatic carbocycles. The van der Waals surface area contributed by atoms with Gasteiger partial charge in [0.05, 0.1) is 5.97 Å². The molecule has 0 aromatic rings. The summed E-state index contributed by atoms with van der Waals surface area (Å²) >= 11 is 0. The molecule has 0 aromatic carbocycles. The minimum atomic E-state index is -0.984. The molecule has 0 saturated heterocycles. The van der Waals surface area contributed by atoms with Crippen LogP contribution in [0.15, 0.2) is 12.2 Å². The van der Waals surface area contributed by atoms with E-state index in [1.54, 1.807) is 0 Å². The van der Waals surface area contributed by atoms with E-state index in [0.29, 0.717) is 0 Å². The van der Waals surface area contributed by atoms with Crippen molar-refractivity contribution >= 4 is 5.97 Å². The molecule has 0 fully saturated rings. The summed E-state index contributed by atoms with van der Waals surface area (Å²) in [4.78, 5) is 12.2. The van der Waals surface area contributed by atoms with Crippen LogP contribution in [0, 0.1) is 0 Å². The second kappa shape index (κ2) is 22.2. The first-order chi connectivity index (χ1) is 11.7. The van der Waals surface area contributed by atoms with Gasteiger partial charge in [-0.05, 0) is 45.7 Å². The SMILES string of the molecule is CCCCCCCC/C=C/CCCCCCCCN(C)CC(=O)[O-].[Na+]. The molecule has 4 heteroatoms. The van der Waals surface area contributed by atoms with Crippen molar-refractivity contribution in [2.75, 3.05) is 20.1 Å². The summed E-state index contributed by atoms with van der Waals surface area (Å²) in [6, 6.07) is 0. The van der Waals surface area contributed by atoms with Gasteiger partial charge in [0, 0.05) is 6.54 Å². The fourth-order valence-electron chi connectivity index (χ4n) is 2.93. The molecule has 0 aliphatic heterocycles. The Balaban J connectivity index is 0. The standard InChI is InChI=1S/C21H41NO2.Na/c1-3-4-5-6-7-8-9-10-11-12-13-14-15-16-17-18-19-22(2)20-21(23)24;/h10-11H,3-9,12-20H2,1-2H3,(H,23,24);/q;+1/p-1/b11-10+;. The first-order valence-corrected chi connectivity index (χ1v) is 10.2. The van der Waals surface area contributed by atoms with Crippen LogP contribution in [0.1, 0.15) is 96.8 Å². The Labute approximate surface area is 178 Å². The first-order valence-electron chi connectivity index (χ1n) is 10.2. The van der Waals surface area contributed by atoms with E-state index in [1.165, 1.54) is 83.5 Å². The van der Waals surface area contributed by atoms with Gasteiger partial charge in [-0.3, -0.25) is 0 Å². The van der Waals surface area contributed by atoms with E-state index < -0.39 is 5.97 Å². The quantitative estimate of drug-likeness (QED) is 0.212. The van der Waals surface area contributed by atoms with Gasteiger partial charge >= 0.3 is 29.6 Å². The maximum absolute atomic E-state index is 10.4. The Hall–Kier alpha value is 0.170. The van der Waals surface area contributed by atoms with Crippen molar-refractivity contribution in [1.29, 1.82) is 0 Å². The number of carbonyl (C=O) groups is 1. The average Bonchev–Trinajstić information content (AvgIpc) is 2.53. The minimum Gasteiger partial charge on any atom is -0.549 e. The van der Waals surface area contributed by atoms with Crippen LogP contribution in [-0.4, -0.2) is 31.0 Å². The molecule has 0 amide bonds. The van der Waals surface area contributed by atoms with Crippen LogP contribution < -0.4 is 34.7 Å². The monoisotopic (exact) mass is 361 g/mol. The zero-order valence-electron chi connectivity index (χ0n) is 17.2. The van der Waals surface area contributed by atoms with E-state index >= 15 is 0 Å². The predicted octanol–water partition coefficient (Wildman–Crippen LogP) is 1.71. The van der Waals surface area contributed by atoms with E-state index in [9.17, 15) is 9.90 Å². The maximum atomic E-state index is 10.4. The minimum absolute atomic E-state index is 0. The molecule has 0 spiro atoms. The predicted molar refractivity (Wildman–Crippen MR) is 102 cm³/mol. The molecule has 0 rings (SSSR count). The van der Waals surface area contributed by atoms with Crippen LogP contribution in [0.4, 0.5) is 0 Å². The molecular weight excluding hydrogens is 321 g/mol. The molecule has 0 atom stereocenters. The van der Waals surface area contributed by atoms with Crippen molar-refractivity contribution in [2.45, 2.75) is 96.8 Å². The second-order valence-electron chi connectivity index (χ2n) is 7.05. The van der Waals surface area contributed by atoms with E-state index in [-0.39, 0.29) is 36.1 Å². The fourth-order valence-corrected chi connectivity index (χ4v) is 2.93. The Morgan fingerprint density at radius 1 is 0.800 bits per heavy atom. The number of aliphatic carboxylic acids is 1. The van der Waals surface area contributed by atoms with Gasteiger partial charge in [0.15, 0.2) is 0 Å². The van der Waals surface area contributed by atoms with E-state index in [1.807, 2.05) is 11.9 Å². The first kappa shape index (κ1) is 27.4. The van der Waals surface area contributed by atoms with Crippen LogP contribution >= 0.6 is 0 Å². The number of carbonyl (C=O) groups excluding carboxylic acids is 1. The summed E-state index contributed by atoms with van der Waals surface area (Å²) in [5, 5.41) is 10.4. The summed E-state index contributed by atoms with van der Waals surface area (Å²) in [7, 11) is 1.84. The number of allylic oxidation sites excluding steroid dienone is 2. The molecule has 0 bridgehead atoms. The van der Waals surface area contributed by atoms with Gasteiger partial charge in [0.25, 0.3) is 0 Å². The zero-order valence-corrected chi connectivity index (χ0v) is 19.2. The molecule has 3 nitrogen and oxygen atoms in total. The summed E-state index contributed by atoms with van der Waals surface area (Å²) in [5.74, 6) is -0.984. The number of carboxylic acid groups (broad SMARTS) is 1. The van der Waals surface area contributed by atoms with Crippen molar-refractivity contribution in [3.05, 3.63) is 12.2 Å². The normalized spacial score (nSPS) is 11.2. The van der Waals surface area contributed by atoms with Crippen molar-refractivity contribution in [1.82, 2.24) is 4.90 Å². The van der Waals surface area contributed by atoms with Crippen molar-refractivity contribution in [3.8, 4) is 0 Å². The summed E-state index contributed by atoms with van der Waals surface area (Å²) < 4.78 is 0. The largest absolute Gasteiger partial charge is 1.00 e. The van der Waals surface area contributed by atoms with Crippen LogP contribution in [-0.2, 0) is 4.79 Å².